The maximum Gasteiger partial charge on any atom is 0.143 e. The zero-order chi connectivity index (χ0) is 36.0. The molecule has 0 fully saturated rings. The summed E-state index contributed by atoms with van der Waals surface area (Å²) in [6, 6.07) is 70.9. The lowest BCUT2D eigenvalue weighted by atomic mass is 9.86. The highest BCUT2D eigenvalue weighted by Crippen LogP contribution is 2.48. The van der Waals surface area contributed by atoms with Crippen molar-refractivity contribution in [3.05, 3.63) is 194 Å². The van der Waals surface area contributed by atoms with E-state index in [1.807, 2.05) is 0 Å². The largest absolute Gasteiger partial charge is 0.455 e. The molecule has 0 atom stereocenters. The zero-order valence-corrected chi connectivity index (χ0v) is 29.9. The van der Waals surface area contributed by atoms with Crippen LogP contribution in [-0.4, -0.2) is 0 Å². The van der Waals surface area contributed by atoms with E-state index >= 15 is 0 Å². The Balaban J connectivity index is 1.17. The number of rotatable bonds is 4. The van der Waals surface area contributed by atoms with E-state index in [1.165, 1.54) is 81.9 Å². The molecule has 0 aliphatic rings. The molecule has 0 unspecified atom stereocenters. The predicted octanol–water partition coefficient (Wildman–Crippen LogP) is 15.5. The van der Waals surface area contributed by atoms with Gasteiger partial charge in [0.25, 0.3) is 0 Å². The summed E-state index contributed by atoms with van der Waals surface area (Å²) >= 11 is 0. The third-order valence-electron chi connectivity index (χ3n) is 11.8. The molecule has 11 aromatic carbocycles. The summed E-state index contributed by atoms with van der Waals surface area (Å²) in [5, 5.41) is 14.7. The number of benzene rings is 11. The molecular weight excluding hydrogens is 665 g/mol. The van der Waals surface area contributed by atoms with Crippen molar-refractivity contribution >= 4 is 75.8 Å². The summed E-state index contributed by atoms with van der Waals surface area (Å²) in [6.07, 6.45) is 0. The fourth-order valence-corrected chi connectivity index (χ4v) is 9.28. The molecule has 0 radical (unpaired) electrons. The Hall–Kier alpha value is -7.22. The minimum atomic E-state index is 0.914. The van der Waals surface area contributed by atoms with Crippen molar-refractivity contribution in [2.45, 2.75) is 0 Å². The fraction of sp³-hybridized carbons (Fsp3) is 0. The zero-order valence-electron chi connectivity index (χ0n) is 29.9. The molecule has 0 spiro atoms. The first-order chi connectivity index (χ1) is 27.3. The van der Waals surface area contributed by atoms with Crippen LogP contribution in [0.25, 0.3) is 120 Å². The molecule has 1 heterocycles. The number of fused-ring (bicyclic) bond motifs is 6. The summed E-state index contributed by atoms with van der Waals surface area (Å²) < 4.78 is 7.21. The molecule has 55 heavy (non-hydrogen) atoms. The van der Waals surface area contributed by atoms with Gasteiger partial charge in [-0.1, -0.05) is 176 Å². The van der Waals surface area contributed by atoms with E-state index in [1.54, 1.807) is 0 Å². The van der Waals surface area contributed by atoms with Crippen LogP contribution in [0, 0.1) is 0 Å². The molecule has 12 rings (SSSR count). The lowest BCUT2D eigenvalue weighted by molar-refractivity contribution is 0.674. The van der Waals surface area contributed by atoms with Crippen LogP contribution < -0.4 is 0 Å². The molecule has 0 aliphatic carbocycles. The van der Waals surface area contributed by atoms with Crippen molar-refractivity contribution in [3.63, 3.8) is 0 Å². The second-order valence-corrected chi connectivity index (χ2v) is 14.8. The van der Waals surface area contributed by atoms with Crippen LogP contribution in [0.4, 0.5) is 0 Å². The van der Waals surface area contributed by atoms with E-state index in [4.69, 9.17) is 4.42 Å². The molecule has 0 N–H and O–H groups in total. The summed E-state index contributed by atoms with van der Waals surface area (Å²) in [5.41, 5.74) is 11.4. The highest BCUT2D eigenvalue weighted by Gasteiger charge is 2.22. The Kier molecular flexibility index (Phi) is 6.40. The molecule has 1 aromatic heterocycles. The van der Waals surface area contributed by atoms with Crippen molar-refractivity contribution in [1.29, 1.82) is 0 Å². The topological polar surface area (TPSA) is 13.1 Å². The highest BCUT2D eigenvalue weighted by molar-refractivity contribution is 6.30. The number of hydrogen-bond donors (Lipinski definition) is 0. The van der Waals surface area contributed by atoms with Crippen LogP contribution in [0.2, 0.25) is 0 Å². The van der Waals surface area contributed by atoms with Gasteiger partial charge in [-0.15, -0.1) is 0 Å². The van der Waals surface area contributed by atoms with Crippen LogP contribution in [-0.2, 0) is 0 Å². The molecule has 12 aromatic rings. The lowest BCUT2D eigenvalue weighted by Crippen LogP contribution is -1.90. The average Bonchev–Trinajstić information content (AvgIpc) is 3.66. The van der Waals surface area contributed by atoms with Gasteiger partial charge in [0.15, 0.2) is 0 Å². The molecule has 0 saturated heterocycles. The minimum absolute atomic E-state index is 0.914. The second-order valence-electron chi connectivity index (χ2n) is 14.8. The Bertz CT molecular complexity index is 3460. The first-order valence-corrected chi connectivity index (χ1v) is 19.0. The second kappa shape index (κ2) is 11.6. The van der Waals surface area contributed by atoms with Crippen LogP contribution in [0.3, 0.4) is 0 Å². The first kappa shape index (κ1) is 30.3. The quantitative estimate of drug-likeness (QED) is 0.167. The van der Waals surface area contributed by atoms with E-state index in [0.717, 1.165) is 38.5 Å². The molecule has 0 aliphatic heterocycles. The van der Waals surface area contributed by atoms with Gasteiger partial charge in [-0.05, 0) is 106 Å². The van der Waals surface area contributed by atoms with Gasteiger partial charge in [0.1, 0.15) is 11.2 Å². The Labute approximate surface area is 317 Å². The van der Waals surface area contributed by atoms with Crippen molar-refractivity contribution in [2.75, 3.05) is 0 Å². The summed E-state index contributed by atoms with van der Waals surface area (Å²) in [7, 11) is 0. The standard InChI is InChI=1S/C54H32O/c1-3-11-34(12-4-1)40-16-9-17-48-43(40)29-31-49-52-47(30-28-42(54(52)55-53(48)49)39-19-18-33-10-7-8-15-38(33)32-39)44-25-21-37-22-26-45-41(35-13-5-2-6-14-35)24-20-36-23-27-46(44)51(37)50(36)45/h1-32H. The normalized spacial score (nSPS) is 12.0. The Morgan fingerprint density at radius 3 is 1.53 bits per heavy atom. The monoisotopic (exact) mass is 696 g/mol. The van der Waals surface area contributed by atoms with E-state index in [0.29, 0.717) is 0 Å². The molecule has 0 saturated carbocycles. The molecule has 0 amide bonds. The van der Waals surface area contributed by atoms with Crippen LogP contribution in [0.5, 0.6) is 0 Å². The smallest absolute Gasteiger partial charge is 0.143 e. The van der Waals surface area contributed by atoms with Crippen LogP contribution >= 0.6 is 0 Å². The first-order valence-electron chi connectivity index (χ1n) is 19.0. The molecule has 0 bridgehead atoms. The van der Waals surface area contributed by atoms with Gasteiger partial charge in [0.2, 0.25) is 0 Å². The highest BCUT2D eigenvalue weighted by atomic mass is 16.3. The maximum atomic E-state index is 7.21. The molecule has 1 nitrogen and oxygen atoms in total. The van der Waals surface area contributed by atoms with Gasteiger partial charge >= 0.3 is 0 Å². The van der Waals surface area contributed by atoms with Crippen molar-refractivity contribution in [3.8, 4) is 44.5 Å². The fourth-order valence-electron chi connectivity index (χ4n) is 9.28. The minimum Gasteiger partial charge on any atom is -0.455 e. The summed E-state index contributed by atoms with van der Waals surface area (Å²) in [6.45, 7) is 0. The average molecular weight is 697 g/mol. The molecule has 254 valence electrons. The predicted molar refractivity (Wildman–Crippen MR) is 234 cm³/mol. The Morgan fingerprint density at radius 2 is 0.782 bits per heavy atom. The van der Waals surface area contributed by atoms with Gasteiger partial charge in [0, 0.05) is 21.7 Å². The van der Waals surface area contributed by atoms with Crippen molar-refractivity contribution in [1.82, 2.24) is 0 Å². The molecular formula is C54H32O. The number of furan rings is 1. The SMILES string of the molecule is c1ccc(-c2cccc3c2ccc2c3oc3c(-c4ccc5ccccc5c4)ccc(-c4ccc5ccc6c(-c7ccccc7)ccc7ccc4c5c76)c32)cc1. The van der Waals surface area contributed by atoms with Gasteiger partial charge in [-0.2, -0.15) is 0 Å². The van der Waals surface area contributed by atoms with Gasteiger partial charge in [-0.3, -0.25) is 0 Å². The van der Waals surface area contributed by atoms with E-state index in [2.05, 4.69) is 194 Å². The Morgan fingerprint density at radius 1 is 0.236 bits per heavy atom. The van der Waals surface area contributed by atoms with Gasteiger partial charge in [-0.25, -0.2) is 0 Å². The van der Waals surface area contributed by atoms with Crippen LogP contribution in [0.15, 0.2) is 199 Å². The number of hydrogen-bond acceptors (Lipinski definition) is 1. The summed E-state index contributed by atoms with van der Waals surface area (Å²) in [4.78, 5) is 0. The third-order valence-corrected chi connectivity index (χ3v) is 11.8. The third kappa shape index (κ3) is 4.48. The van der Waals surface area contributed by atoms with E-state index in [-0.39, 0.29) is 0 Å². The lowest BCUT2D eigenvalue weighted by Gasteiger charge is -2.17. The van der Waals surface area contributed by atoms with Crippen LogP contribution in [0.1, 0.15) is 0 Å². The van der Waals surface area contributed by atoms with Crippen molar-refractivity contribution in [2.24, 2.45) is 0 Å². The van der Waals surface area contributed by atoms with E-state index in [9.17, 15) is 0 Å². The van der Waals surface area contributed by atoms with Gasteiger partial charge in [0.05, 0.1) is 0 Å². The molecule has 1 heteroatoms. The van der Waals surface area contributed by atoms with Gasteiger partial charge < -0.3 is 4.42 Å². The summed E-state index contributed by atoms with van der Waals surface area (Å²) in [5.74, 6) is 0. The maximum absolute atomic E-state index is 7.21. The van der Waals surface area contributed by atoms with E-state index < -0.39 is 0 Å². The van der Waals surface area contributed by atoms with Crippen molar-refractivity contribution < 1.29 is 4.42 Å².